The van der Waals surface area contributed by atoms with E-state index in [-0.39, 0.29) is 36.5 Å². The van der Waals surface area contributed by atoms with E-state index in [1.54, 1.807) is 35.2 Å². The van der Waals surface area contributed by atoms with E-state index in [0.29, 0.717) is 50.2 Å². The molecule has 18 nitrogen and oxygen atoms in total. The molecular weight excluding hydrogens is 965 g/mol. The van der Waals surface area contributed by atoms with Crippen molar-refractivity contribution >= 4 is 35.4 Å². The van der Waals surface area contributed by atoms with Crippen LogP contribution in [0.15, 0.2) is 140 Å². The normalized spacial score (nSPS) is 17.0. The van der Waals surface area contributed by atoms with Gasteiger partial charge in [-0.1, -0.05) is 66.7 Å². The quantitative estimate of drug-likeness (QED) is 0.121. The van der Waals surface area contributed by atoms with Crippen LogP contribution in [-0.2, 0) is 59.5 Å². The largest absolute Gasteiger partial charge is 0.497 e. The molecule has 2 atom stereocenters. The molecule has 4 aliphatic rings. The summed E-state index contributed by atoms with van der Waals surface area (Å²) in [4.78, 5) is 86.6. The molecule has 2 fully saturated rings. The minimum absolute atomic E-state index is 0.185. The first kappa shape index (κ1) is 48.8. The first-order valence-corrected chi connectivity index (χ1v) is 24.9. The molecule has 0 radical (unpaired) electrons. The van der Waals surface area contributed by atoms with Gasteiger partial charge in [0, 0.05) is 86.4 Å². The number of amides is 6. The van der Waals surface area contributed by atoms with Gasteiger partial charge in [-0.2, -0.15) is 5.10 Å². The molecule has 382 valence electrons. The van der Waals surface area contributed by atoms with Gasteiger partial charge in [0.15, 0.2) is 0 Å². The van der Waals surface area contributed by atoms with Gasteiger partial charge in [-0.05, 0) is 83.6 Å². The molecule has 5 aromatic carbocycles. The third-order valence-corrected chi connectivity index (χ3v) is 14.1. The van der Waals surface area contributed by atoms with E-state index < -0.39 is 23.9 Å². The highest BCUT2D eigenvalue weighted by molar-refractivity contribution is 6.06. The van der Waals surface area contributed by atoms with Crippen LogP contribution in [0.3, 0.4) is 0 Å². The standard InChI is InChI=1S/C30H26N4O4.C28H26N6O4/c1-33-17-25(31-28(33)21-8-5-9-23(15-21)38-18-19-6-3-2-4-7-19)20-10-11-24-22(14-20)16-34(30(24)37)26-12-13-27(35)32-29(26)36;1-32-16-23(30-26(32)20-12-29-33(14-20)13-17-3-6-21(38-2)7-4-17)18-5-8-22-19(11-18)15-34(28(22)37)24-9-10-25(35)31-27(24)36/h2-11,14-15,17,26H,12-13,16,18H2,1H3,(H,32,35,36);3-8,11-12,14,16,24H,9-10,13,15H2,1-2H3,(H,31,35,36). The van der Waals surface area contributed by atoms with Gasteiger partial charge in [-0.3, -0.25) is 44.1 Å². The molecule has 6 amide bonds. The van der Waals surface area contributed by atoms with Gasteiger partial charge in [0.05, 0.1) is 36.8 Å². The molecule has 3 aromatic heterocycles. The number of benzene rings is 5. The monoisotopic (exact) mass is 1020 g/mol. The second kappa shape index (κ2) is 20.5. The molecule has 0 saturated carbocycles. The molecule has 2 saturated heterocycles. The Morgan fingerprint density at radius 1 is 0.566 bits per heavy atom. The van der Waals surface area contributed by atoms with E-state index in [1.165, 1.54) is 0 Å². The van der Waals surface area contributed by atoms with Crippen molar-refractivity contribution in [2.45, 2.75) is 64.0 Å². The highest BCUT2D eigenvalue weighted by Gasteiger charge is 2.40. The maximum atomic E-state index is 13.0. The molecule has 2 unspecified atom stereocenters. The number of fused-ring (bicyclic) bond motifs is 2. The fourth-order valence-electron chi connectivity index (χ4n) is 10.2. The van der Waals surface area contributed by atoms with E-state index in [0.717, 1.165) is 79.0 Å². The summed E-state index contributed by atoms with van der Waals surface area (Å²) in [6.07, 6.45) is 8.83. The highest BCUT2D eigenvalue weighted by Crippen LogP contribution is 2.35. The van der Waals surface area contributed by atoms with Crippen LogP contribution in [0.4, 0.5) is 0 Å². The van der Waals surface area contributed by atoms with Gasteiger partial charge < -0.3 is 28.4 Å². The summed E-state index contributed by atoms with van der Waals surface area (Å²) in [5, 5.41) is 9.19. The Bertz CT molecular complexity index is 3600. The lowest BCUT2D eigenvalue weighted by molar-refractivity contribution is -0.138. The molecule has 4 aliphatic heterocycles. The summed E-state index contributed by atoms with van der Waals surface area (Å²) in [6, 6.07) is 35.8. The molecule has 7 heterocycles. The van der Waals surface area contributed by atoms with Crippen molar-refractivity contribution in [3.8, 4) is 56.8 Å². The van der Waals surface area contributed by atoms with Crippen LogP contribution in [0.2, 0.25) is 0 Å². The van der Waals surface area contributed by atoms with Gasteiger partial charge in [-0.25, -0.2) is 9.97 Å². The molecule has 12 rings (SSSR count). The minimum atomic E-state index is -0.632. The number of imidazole rings is 2. The number of hydrogen-bond acceptors (Lipinski definition) is 11. The number of ether oxygens (including phenoxy) is 2. The summed E-state index contributed by atoms with van der Waals surface area (Å²) >= 11 is 0. The van der Waals surface area contributed by atoms with Crippen molar-refractivity contribution < 1.29 is 38.2 Å². The second-order valence-electron chi connectivity index (χ2n) is 19.2. The summed E-state index contributed by atoms with van der Waals surface area (Å²) < 4.78 is 17.0. The van der Waals surface area contributed by atoms with Crippen LogP contribution in [0, 0.1) is 0 Å². The average Bonchev–Trinajstić information content (AvgIpc) is 4.27. The Hall–Kier alpha value is -9.45. The smallest absolute Gasteiger partial charge is 0.255 e. The van der Waals surface area contributed by atoms with Crippen molar-refractivity contribution in [3.05, 3.63) is 173 Å². The zero-order chi connectivity index (χ0) is 52.6. The number of carbonyl (C=O) groups is 6. The predicted molar refractivity (Wildman–Crippen MR) is 279 cm³/mol. The predicted octanol–water partition coefficient (Wildman–Crippen LogP) is 6.86. The number of rotatable bonds is 12. The highest BCUT2D eigenvalue weighted by atomic mass is 16.5. The molecule has 76 heavy (non-hydrogen) atoms. The maximum absolute atomic E-state index is 13.0. The van der Waals surface area contributed by atoms with Crippen molar-refractivity contribution in [2.75, 3.05) is 7.11 Å². The summed E-state index contributed by atoms with van der Waals surface area (Å²) in [5.41, 5.74) is 10.2. The SMILES string of the molecule is COc1ccc(Cn2cc(-c3nc(-c4ccc5c(c4)CN(C4CCC(=O)NC4=O)C5=O)cn3C)cn2)cc1.Cn1cc(-c2ccc3c(c2)CN(C2CCC(=O)NC2=O)C3=O)nc1-c1cccc(OCc2ccccc2)c1. The fourth-order valence-corrected chi connectivity index (χ4v) is 10.2. The number of carbonyl (C=O) groups excluding carboxylic acids is 6. The fraction of sp³-hybridized carbons (Fsp3) is 0.224. The van der Waals surface area contributed by atoms with E-state index in [4.69, 9.17) is 19.4 Å². The summed E-state index contributed by atoms with van der Waals surface area (Å²) in [6.45, 7) is 1.77. The van der Waals surface area contributed by atoms with Crippen molar-refractivity contribution in [1.82, 2.24) is 49.3 Å². The number of piperidine rings is 2. The molecule has 18 heteroatoms. The van der Waals surface area contributed by atoms with Crippen molar-refractivity contribution in [2.24, 2.45) is 14.1 Å². The number of aryl methyl sites for hydroxylation is 2. The van der Waals surface area contributed by atoms with Gasteiger partial charge in [0.25, 0.3) is 11.8 Å². The zero-order valence-electron chi connectivity index (χ0n) is 41.9. The summed E-state index contributed by atoms with van der Waals surface area (Å²) in [7, 11) is 5.54. The molecular formula is C58H52N10O8. The Kier molecular flexibility index (Phi) is 13.1. The summed E-state index contributed by atoms with van der Waals surface area (Å²) in [5.74, 6) is 1.37. The molecule has 0 aliphatic carbocycles. The van der Waals surface area contributed by atoms with E-state index >= 15 is 0 Å². The Morgan fingerprint density at radius 2 is 1.13 bits per heavy atom. The topological polar surface area (TPSA) is 205 Å². The van der Waals surface area contributed by atoms with Crippen LogP contribution in [0.5, 0.6) is 11.5 Å². The molecule has 0 bridgehead atoms. The maximum Gasteiger partial charge on any atom is 0.255 e. The molecule has 8 aromatic rings. The minimum Gasteiger partial charge on any atom is -0.497 e. The van der Waals surface area contributed by atoms with Crippen molar-refractivity contribution in [1.29, 1.82) is 0 Å². The first-order valence-electron chi connectivity index (χ1n) is 24.9. The van der Waals surface area contributed by atoms with Crippen LogP contribution in [-0.4, -0.2) is 93.3 Å². The van der Waals surface area contributed by atoms with E-state index in [9.17, 15) is 28.8 Å². The Labute approximate surface area is 436 Å². The first-order chi connectivity index (χ1) is 36.8. The second-order valence-corrected chi connectivity index (χ2v) is 19.2. The van der Waals surface area contributed by atoms with Gasteiger partial charge in [-0.15, -0.1) is 0 Å². The van der Waals surface area contributed by atoms with E-state index in [2.05, 4.69) is 15.7 Å². The lowest BCUT2D eigenvalue weighted by Crippen LogP contribution is -2.52. The number of aromatic nitrogens is 6. The van der Waals surface area contributed by atoms with Crippen LogP contribution < -0.4 is 20.1 Å². The van der Waals surface area contributed by atoms with Gasteiger partial charge in [0.2, 0.25) is 23.6 Å². The van der Waals surface area contributed by atoms with Crippen molar-refractivity contribution in [3.63, 3.8) is 0 Å². The van der Waals surface area contributed by atoms with Gasteiger partial charge in [0.1, 0.15) is 41.8 Å². The molecule has 0 spiro atoms. The third-order valence-electron chi connectivity index (χ3n) is 14.1. The number of hydrogen-bond donors (Lipinski definition) is 2. The van der Waals surface area contributed by atoms with Gasteiger partial charge >= 0.3 is 0 Å². The number of imide groups is 2. The number of methoxy groups -OCH3 is 1. The lowest BCUT2D eigenvalue weighted by Gasteiger charge is -2.29. The third kappa shape index (κ3) is 9.87. The van der Waals surface area contributed by atoms with E-state index in [1.807, 2.05) is 150 Å². The van der Waals surface area contributed by atoms with Crippen LogP contribution in [0.1, 0.15) is 68.7 Å². The number of nitrogens with one attached hydrogen (secondary N) is 2. The number of nitrogens with zero attached hydrogens (tertiary/aromatic N) is 8. The zero-order valence-corrected chi connectivity index (χ0v) is 41.9. The molecule has 2 N–H and O–H groups in total. The van der Waals surface area contributed by atoms with Crippen LogP contribution >= 0.6 is 0 Å². The Morgan fingerprint density at radius 3 is 1.68 bits per heavy atom. The lowest BCUT2D eigenvalue weighted by atomic mass is 10.0. The average molecular weight is 1020 g/mol. The van der Waals surface area contributed by atoms with Crippen LogP contribution in [0.25, 0.3) is 45.3 Å². The Balaban J connectivity index is 0.000000162.